The predicted octanol–water partition coefficient (Wildman–Crippen LogP) is 6.86. The molecule has 9 heteroatoms. The van der Waals surface area contributed by atoms with Gasteiger partial charge in [0, 0.05) is 24.5 Å². The minimum atomic E-state index is -0.703. The van der Waals surface area contributed by atoms with Gasteiger partial charge in [0.2, 0.25) is 0 Å². The Balaban J connectivity index is 1.24. The third-order valence-corrected chi connectivity index (χ3v) is 7.88. The number of aliphatic carboxylic acids is 1. The maximum atomic E-state index is 13.3. The van der Waals surface area contributed by atoms with Crippen molar-refractivity contribution in [3.63, 3.8) is 0 Å². The predicted molar refractivity (Wildman–Crippen MR) is 135 cm³/mol. The minimum absolute atomic E-state index is 0.0600. The summed E-state index contributed by atoms with van der Waals surface area (Å²) in [7, 11) is 0. The van der Waals surface area contributed by atoms with E-state index in [4.69, 9.17) is 16.7 Å². The van der Waals surface area contributed by atoms with Crippen LogP contribution >= 0.6 is 22.9 Å². The number of amides is 1. The van der Waals surface area contributed by atoms with E-state index in [9.17, 15) is 14.0 Å². The molecule has 1 aliphatic carbocycles. The molecule has 35 heavy (non-hydrogen) atoms. The lowest BCUT2D eigenvalue weighted by Crippen LogP contribution is -2.16. The molecule has 1 fully saturated rings. The highest BCUT2D eigenvalue weighted by atomic mass is 35.5. The summed E-state index contributed by atoms with van der Waals surface area (Å²) >= 11 is 7.27. The molecular weight excluding hydrogens is 489 g/mol. The highest BCUT2D eigenvalue weighted by Gasteiger charge is 2.24. The molecule has 2 N–H and O–H groups in total. The quantitative estimate of drug-likeness (QED) is 0.296. The fourth-order valence-corrected chi connectivity index (χ4v) is 5.83. The Morgan fingerprint density at radius 3 is 2.51 bits per heavy atom. The first-order valence-electron chi connectivity index (χ1n) is 11.4. The van der Waals surface area contributed by atoms with Crippen LogP contribution in [0, 0.1) is 11.7 Å². The Kier molecular flexibility index (Phi) is 6.58. The fourth-order valence-electron chi connectivity index (χ4n) is 4.67. The summed E-state index contributed by atoms with van der Waals surface area (Å²) in [4.78, 5) is 29.7. The topological polar surface area (TPSA) is 83.7 Å². The number of benzene rings is 2. The number of carbonyl (C=O) groups excluding carboxylic acids is 1. The van der Waals surface area contributed by atoms with E-state index in [1.807, 2.05) is 10.6 Å². The van der Waals surface area contributed by atoms with Crippen LogP contribution in [0.15, 0.2) is 54.9 Å². The number of thiazole rings is 1. The van der Waals surface area contributed by atoms with Crippen LogP contribution < -0.4 is 5.32 Å². The smallest absolute Gasteiger partial charge is 0.303 e. The van der Waals surface area contributed by atoms with Gasteiger partial charge in [0.1, 0.15) is 11.5 Å². The molecule has 0 saturated heterocycles. The number of anilines is 1. The number of nitrogens with one attached hydrogen (secondary N) is 1. The van der Waals surface area contributed by atoms with Crippen molar-refractivity contribution >= 4 is 45.5 Å². The first-order valence-corrected chi connectivity index (χ1v) is 12.6. The van der Waals surface area contributed by atoms with Crippen molar-refractivity contribution < 1.29 is 19.1 Å². The third-order valence-electron chi connectivity index (χ3n) is 6.54. The first kappa shape index (κ1) is 23.5. The normalized spacial score (nSPS) is 18.0. The Bertz CT molecular complexity index is 1360. The highest BCUT2D eigenvalue weighted by molar-refractivity contribution is 7.20. The summed E-state index contributed by atoms with van der Waals surface area (Å²) < 4.78 is 15.2. The van der Waals surface area contributed by atoms with Crippen LogP contribution in [0.3, 0.4) is 0 Å². The number of carbonyl (C=O) groups is 2. The molecule has 6 nitrogen and oxygen atoms in total. The number of aromatic nitrogens is 2. The standard InChI is InChI=1S/C26H23ClFN3O3S/c27-20-12-19(9-10-21(20)28)29-25(34)22-13-31-14-23(35-26(31)30-22)18-7-5-17(6-8-18)16-3-1-15(2-4-16)11-24(32)33/h5-10,12-16H,1-4,11H2,(H,29,34)(H,32,33)/t15-,16-. The number of fused-ring (bicyclic) bond motifs is 1. The van der Waals surface area contributed by atoms with Gasteiger partial charge in [-0.2, -0.15) is 0 Å². The molecule has 4 aromatic rings. The Morgan fingerprint density at radius 1 is 1.11 bits per heavy atom. The summed E-state index contributed by atoms with van der Waals surface area (Å²) in [6.45, 7) is 0. The molecule has 2 heterocycles. The largest absolute Gasteiger partial charge is 0.481 e. The van der Waals surface area contributed by atoms with Crippen molar-refractivity contribution in [2.45, 2.75) is 38.0 Å². The fraction of sp³-hybridized carbons (Fsp3) is 0.269. The van der Waals surface area contributed by atoms with Gasteiger partial charge in [-0.3, -0.25) is 14.0 Å². The van der Waals surface area contributed by atoms with Crippen LogP contribution in [0.1, 0.15) is 54.1 Å². The summed E-state index contributed by atoms with van der Waals surface area (Å²) in [6.07, 6.45) is 7.87. The average molecular weight is 512 g/mol. The van der Waals surface area contributed by atoms with Crippen molar-refractivity contribution in [3.8, 4) is 10.4 Å². The maximum absolute atomic E-state index is 13.3. The van der Waals surface area contributed by atoms with Gasteiger partial charge in [0.15, 0.2) is 4.96 Å². The van der Waals surface area contributed by atoms with E-state index in [0.717, 1.165) is 36.1 Å². The summed E-state index contributed by atoms with van der Waals surface area (Å²) in [5.41, 5.74) is 3.03. The molecule has 2 aromatic carbocycles. The van der Waals surface area contributed by atoms with Gasteiger partial charge < -0.3 is 10.4 Å². The second-order valence-corrected chi connectivity index (χ2v) is 10.3. The van der Waals surface area contributed by atoms with E-state index >= 15 is 0 Å². The van der Waals surface area contributed by atoms with Crippen molar-refractivity contribution in [1.29, 1.82) is 0 Å². The number of carboxylic acid groups (broad SMARTS) is 1. The minimum Gasteiger partial charge on any atom is -0.481 e. The van der Waals surface area contributed by atoms with Crippen LogP contribution in [0.4, 0.5) is 10.1 Å². The molecule has 0 radical (unpaired) electrons. The second-order valence-electron chi connectivity index (χ2n) is 8.93. The Hall–Kier alpha value is -3.23. The van der Waals surface area contributed by atoms with Crippen LogP contribution in [-0.2, 0) is 4.79 Å². The first-order chi connectivity index (χ1) is 16.9. The maximum Gasteiger partial charge on any atom is 0.303 e. The third kappa shape index (κ3) is 5.23. The van der Waals surface area contributed by atoms with E-state index in [-0.39, 0.29) is 17.1 Å². The molecule has 0 aliphatic heterocycles. The molecule has 1 saturated carbocycles. The van der Waals surface area contributed by atoms with Crippen LogP contribution in [0.2, 0.25) is 5.02 Å². The summed E-state index contributed by atoms with van der Waals surface area (Å²) in [5, 5.41) is 11.6. The van der Waals surface area contributed by atoms with Gasteiger partial charge in [-0.15, -0.1) is 0 Å². The SMILES string of the molecule is O=C(O)C[C@H]1CC[C@H](c2ccc(-c3cn4cc(C(=O)Nc5ccc(F)c(Cl)c5)nc4s3)cc2)CC1. The molecule has 2 aromatic heterocycles. The number of hydrogen-bond donors (Lipinski definition) is 2. The van der Waals surface area contributed by atoms with Crippen molar-refractivity contribution in [1.82, 2.24) is 9.38 Å². The molecular formula is C26H23ClFN3O3S. The lowest BCUT2D eigenvalue weighted by molar-refractivity contribution is -0.138. The summed E-state index contributed by atoms with van der Waals surface area (Å²) in [5.74, 6) is -0.869. The zero-order valence-electron chi connectivity index (χ0n) is 18.7. The van der Waals surface area contributed by atoms with Crippen LogP contribution in [0.5, 0.6) is 0 Å². The Morgan fingerprint density at radius 2 is 1.86 bits per heavy atom. The number of nitrogens with zero attached hydrogens (tertiary/aromatic N) is 2. The molecule has 5 rings (SSSR count). The molecule has 0 unspecified atom stereocenters. The van der Waals surface area contributed by atoms with E-state index in [0.29, 0.717) is 22.5 Å². The van der Waals surface area contributed by atoms with Gasteiger partial charge in [-0.1, -0.05) is 47.2 Å². The lowest BCUT2D eigenvalue weighted by atomic mass is 9.77. The highest BCUT2D eigenvalue weighted by Crippen LogP contribution is 2.38. The number of rotatable bonds is 6. The zero-order valence-corrected chi connectivity index (χ0v) is 20.3. The Labute approximate surface area is 210 Å². The van der Waals surface area contributed by atoms with Crippen molar-refractivity contribution in [3.05, 3.63) is 77.0 Å². The van der Waals surface area contributed by atoms with Crippen LogP contribution in [0.25, 0.3) is 15.4 Å². The average Bonchev–Trinajstić information content (AvgIpc) is 3.42. The van der Waals surface area contributed by atoms with E-state index in [1.54, 1.807) is 6.20 Å². The zero-order chi connectivity index (χ0) is 24.5. The van der Waals surface area contributed by atoms with Crippen LogP contribution in [-0.4, -0.2) is 26.4 Å². The number of carboxylic acids is 1. The van der Waals surface area contributed by atoms with E-state index < -0.39 is 17.7 Å². The number of halogens is 2. The molecule has 0 spiro atoms. The lowest BCUT2D eigenvalue weighted by Gasteiger charge is -2.28. The summed E-state index contributed by atoms with van der Waals surface area (Å²) in [6, 6.07) is 12.5. The number of hydrogen-bond acceptors (Lipinski definition) is 4. The molecule has 0 atom stereocenters. The second kappa shape index (κ2) is 9.79. The number of imidazole rings is 1. The molecule has 1 aliphatic rings. The van der Waals surface area contributed by atoms with Gasteiger partial charge in [0.05, 0.1) is 9.90 Å². The van der Waals surface area contributed by atoms with E-state index in [1.165, 1.54) is 35.1 Å². The molecule has 180 valence electrons. The van der Waals surface area contributed by atoms with Gasteiger partial charge in [0.25, 0.3) is 5.91 Å². The van der Waals surface area contributed by atoms with Gasteiger partial charge in [-0.25, -0.2) is 9.37 Å². The van der Waals surface area contributed by atoms with Gasteiger partial charge >= 0.3 is 5.97 Å². The monoisotopic (exact) mass is 511 g/mol. The van der Waals surface area contributed by atoms with E-state index in [2.05, 4.69) is 34.6 Å². The molecule has 1 amide bonds. The molecule has 0 bridgehead atoms. The van der Waals surface area contributed by atoms with Crippen molar-refractivity contribution in [2.24, 2.45) is 5.92 Å². The van der Waals surface area contributed by atoms with Gasteiger partial charge in [-0.05, 0) is 66.8 Å². The van der Waals surface area contributed by atoms with Crippen molar-refractivity contribution in [2.75, 3.05) is 5.32 Å².